The first kappa shape index (κ1) is 13.3. The molecule has 0 saturated heterocycles. The first-order valence-corrected chi connectivity index (χ1v) is 7.07. The molecule has 2 N–H and O–H groups in total. The number of rotatable bonds is 3. The van der Waals surface area contributed by atoms with Gasteiger partial charge in [0.05, 0.1) is 16.6 Å². The number of aromatic nitrogens is 2. The summed E-state index contributed by atoms with van der Waals surface area (Å²) in [5.74, 6) is 2.22. The lowest BCUT2D eigenvalue weighted by Crippen LogP contribution is -2.13. The topological polar surface area (TPSA) is 68.9 Å². The van der Waals surface area contributed by atoms with Gasteiger partial charge in [-0.1, -0.05) is 5.92 Å². The first-order valence-electron chi connectivity index (χ1n) is 6.25. The Hall–Kier alpha value is -2.71. The van der Waals surface area contributed by atoms with Gasteiger partial charge in [-0.05, 0) is 29.8 Å². The van der Waals surface area contributed by atoms with E-state index >= 15 is 0 Å². The molecule has 0 saturated carbocycles. The monoisotopic (exact) mass is 293 g/mol. The van der Waals surface area contributed by atoms with Crippen LogP contribution in [0.25, 0.3) is 20.8 Å². The summed E-state index contributed by atoms with van der Waals surface area (Å²) in [7, 11) is 0. The van der Waals surface area contributed by atoms with Gasteiger partial charge in [-0.25, -0.2) is 4.98 Å². The van der Waals surface area contributed by atoms with Crippen molar-refractivity contribution in [2.75, 3.05) is 0 Å². The minimum atomic E-state index is -0.378. The van der Waals surface area contributed by atoms with Crippen LogP contribution in [-0.4, -0.2) is 15.9 Å². The molecule has 1 amide bonds. The highest BCUT2D eigenvalue weighted by atomic mass is 32.1. The molecule has 0 spiro atoms. The number of pyridine rings is 1. The molecule has 0 aliphatic heterocycles. The third-order valence-electron chi connectivity index (χ3n) is 2.97. The maximum absolute atomic E-state index is 11.0. The van der Waals surface area contributed by atoms with Gasteiger partial charge in [0.2, 0.25) is 5.91 Å². The summed E-state index contributed by atoms with van der Waals surface area (Å²) >= 11 is 1.56. The Labute approximate surface area is 125 Å². The summed E-state index contributed by atoms with van der Waals surface area (Å²) < 4.78 is 1.06. The Balaban J connectivity index is 2.04. The Kier molecular flexibility index (Phi) is 3.38. The van der Waals surface area contributed by atoms with Crippen LogP contribution in [0, 0.1) is 12.3 Å². The number of terminal acetylenes is 1. The van der Waals surface area contributed by atoms with Gasteiger partial charge in [-0.15, -0.1) is 17.8 Å². The number of carbonyl (C=O) groups excluding carboxylic acids is 1. The number of carbonyl (C=O) groups is 1. The molecule has 0 aliphatic carbocycles. The molecule has 5 heteroatoms. The van der Waals surface area contributed by atoms with Crippen molar-refractivity contribution >= 4 is 27.5 Å². The minimum Gasteiger partial charge on any atom is -0.369 e. The molecule has 0 atom stereocenters. The van der Waals surface area contributed by atoms with E-state index < -0.39 is 0 Å². The van der Waals surface area contributed by atoms with Crippen LogP contribution in [0.3, 0.4) is 0 Å². The SMILES string of the molecule is C#Cc1ccc2sc(-c3cncc(CC(N)=O)c3)nc2c1. The fourth-order valence-electron chi connectivity index (χ4n) is 2.04. The molecule has 2 aromatic heterocycles. The second-order valence-electron chi connectivity index (χ2n) is 4.57. The van der Waals surface area contributed by atoms with E-state index in [1.807, 2.05) is 24.3 Å². The van der Waals surface area contributed by atoms with Crippen molar-refractivity contribution in [1.82, 2.24) is 9.97 Å². The lowest BCUT2D eigenvalue weighted by molar-refractivity contribution is -0.117. The summed E-state index contributed by atoms with van der Waals surface area (Å²) in [6.45, 7) is 0. The molecule has 3 rings (SSSR count). The summed E-state index contributed by atoms with van der Waals surface area (Å²) in [5, 5.41) is 0.845. The van der Waals surface area contributed by atoms with Crippen molar-refractivity contribution in [3.05, 3.63) is 47.8 Å². The molecule has 0 aliphatic rings. The number of nitrogens with zero attached hydrogens (tertiary/aromatic N) is 2. The van der Waals surface area contributed by atoms with Crippen LogP contribution < -0.4 is 5.73 Å². The van der Waals surface area contributed by atoms with Crippen LogP contribution in [0.4, 0.5) is 0 Å². The van der Waals surface area contributed by atoms with Gasteiger partial charge >= 0.3 is 0 Å². The largest absolute Gasteiger partial charge is 0.369 e. The lowest BCUT2D eigenvalue weighted by Gasteiger charge is -1.99. The molecule has 0 radical (unpaired) electrons. The highest BCUT2D eigenvalue weighted by Gasteiger charge is 2.08. The van der Waals surface area contributed by atoms with E-state index in [-0.39, 0.29) is 12.3 Å². The average Bonchev–Trinajstić information content (AvgIpc) is 2.89. The number of primary amides is 1. The van der Waals surface area contributed by atoms with Crippen LogP contribution in [0.15, 0.2) is 36.7 Å². The van der Waals surface area contributed by atoms with Gasteiger partial charge in [0.1, 0.15) is 5.01 Å². The third-order valence-corrected chi connectivity index (χ3v) is 4.06. The van der Waals surface area contributed by atoms with E-state index in [1.54, 1.807) is 23.7 Å². The van der Waals surface area contributed by atoms with Crippen molar-refractivity contribution in [2.24, 2.45) is 5.73 Å². The first-order chi connectivity index (χ1) is 10.2. The number of hydrogen-bond acceptors (Lipinski definition) is 4. The molecule has 0 bridgehead atoms. The number of amides is 1. The Morgan fingerprint density at radius 1 is 1.33 bits per heavy atom. The van der Waals surface area contributed by atoms with Crippen molar-refractivity contribution in [3.8, 4) is 22.9 Å². The second-order valence-corrected chi connectivity index (χ2v) is 5.60. The van der Waals surface area contributed by atoms with Crippen LogP contribution in [0.5, 0.6) is 0 Å². The molecule has 21 heavy (non-hydrogen) atoms. The van der Waals surface area contributed by atoms with E-state index in [9.17, 15) is 4.79 Å². The highest BCUT2D eigenvalue weighted by Crippen LogP contribution is 2.30. The number of nitrogens with two attached hydrogens (primary N) is 1. The molecular weight excluding hydrogens is 282 g/mol. The fraction of sp³-hybridized carbons (Fsp3) is 0.0625. The van der Waals surface area contributed by atoms with Gasteiger partial charge in [-0.3, -0.25) is 9.78 Å². The van der Waals surface area contributed by atoms with Crippen LogP contribution in [-0.2, 0) is 11.2 Å². The van der Waals surface area contributed by atoms with E-state index in [0.29, 0.717) is 0 Å². The zero-order valence-corrected chi connectivity index (χ0v) is 11.9. The summed E-state index contributed by atoms with van der Waals surface area (Å²) in [6, 6.07) is 7.63. The smallest absolute Gasteiger partial charge is 0.221 e. The highest BCUT2D eigenvalue weighted by molar-refractivity contribution is 7.21. The number of benzene rings is 1. The van der Waals surface area contributed by atoms with Crippen molar-refractivity contribution < 1.29 is 4.79 Å². The molecule has 4 nitrogen and oxygen atoms in total. The normalized spacial score (nSPS) is 10.4. The van der Waals surface area contributed by atoms with Crippen LogP contribution in [0.1, 0.15) is 11.1 Å². The number of thiazole rings is 1. The summed E-state index contributed by atoms with van der Waals surface area (Å²) in [5.41, 5.74) is 8.53. The summed E-state index contributed by atoms with van der Waals surface area (Å²) in [4.78, 5) is 19.7. The quantitative estimate of drug-likeness (QED) is 0.754. The lowest BCUT2D eigenvalue weighted by atomic mass is 10.1. The van der Waals surface area contributed by atoms with Gasteiger partial charge < -0.3 is 5.73 Å². The van der Waals surface area contributed by atoms with E-state index in [0.717, 1.165) is 31.9 Å². The number of fused-ring (bicyclic) bond motifs is 1. The van der Waals surface area contributed by atoms with Crippen LogP contribution in [0.2, 0.25) is 0 Å². The standard InChI is InChI=1S/C16H11N3OS/c1-2-10-3-4-14-13(6-10)19-16(21-14)12-5-11(7-15(17)20)8-18-9-12/h1,3-6,8-9H,7H2,(H2,17,20). The fourth-order valence-corrected chi connectivity index (χ4v) is 2.97. The van der Waals surface area contributed by atoms with Crippen molar-refractivity contribution in [2.45, 2.75) is 6.42 Å². The van der Waals surface area contributed by atoms with Gasteiger partial charge in [0, 0.05) is 23.5 Å². The van der Waals surface area contributed by atoms with Crippen molar-refractivity contribution in [1.29, 1.82) is 0 Å². The molecule has 0 fully saturated rings. The van der Waals surface area contributed by atoms with Gasteiger partial charge in [-0.2, -0.15) is 0 Å². The third kappa shape index (κ3) is 2.76. The predicted octanol–water partition coefficient (Wildman–Crippen LogP) is 2.37. The molecule has 2 heterocycles. The maximum Gasteiger partial charge on any atom is 0.221 e. The second kappa shape index (κ2) is 5.35. The van der Waals surface area contributed by atoms with E-state index in [2.05, 4.69) is 15.9 Å². The Bertz CT molecular complexity index is 877. The molecular formula is C16H11N3OS. The Morgan fingerprint density at radius 2 is 2.19 bits per heavy atom. The summed E-state index contributed by atoms with van der Waals surface area (Å²) in [6.07, 6.45) is 8.93. The molecule has 102 valence electrons. The minimum absolute atomic E-state index is 0.174. The van der Waals surface area contributed by atoms with Gasteiger partial charge in [0.15, 0.2) is 0 Å². The zero-order chi connectivity index (χ0) is 14.8. The maximum atomic E-state index is 11.0. The molecule has 0 unspecified atom stereocenters. The molecule has 1 aromatic carbocycles. The Morgan fingerprint density at radius 3 is 2.95 bits per heavy atom. The van der Waals surface area contributed by atoms with E-state index in [1.165, 1.54) is 0 Å². The zero-order valence-electron chi connectivity index (χ0n) is 11.0. The molecule has 3 aromatic rings. The van der Waals surface area contributed by atoms with Gasteiger partial charge in [0.25, 0.3) is 0 Å². The van der Waals surface area contributed by atoms with Crippen molar-refractivity contribution in [3.63, 3.8) is 0 Å². The van der Waals surface area contributed by atoms with Crippen LogP contribution >= 0.6 is 11.3 Å². The van der Waals surface area contributed by atoms with E-state index in [4.69, 9.17) is 12.2 Å². The number of hydrogen-bond donors (Lipinski definition) is 1. The predicted molar refractivity (Wildman–Crippen MR) is 83.7 cm³/mol. The average molecular weight is 293 g/mol.